The van der Waals surface area contributed by atoms with E-state index in [0.717, 1.165) is 11.6 Å². The number of nitrogens with one attached hydrogen (secondary N) is 1. The zero-order valence-electron chi connectivity index (χ0n) is 19.7. The van der Waals surface area contributed by atoms with Gasteiger partial charge in [0.15, 0.2) is 5.78 Å². The molecule has 1 amide bonds. The molecule has 178 valence electrons. The molecular weight excluding hydrogens is 452 g/mol. The second-order valence-corrected chi connectivity index (χ2v) is 14.4. The number of H-pyrrole nitrogens is 1. The van der Waals surface area contributed by atoms with Crippen LogP contribution >= 0.6 is 0 Å². The molecule has 4 rings (SSSR count). The highest BCUT2D eigenvalue weighted by Crippen LogP contribution is 2.36. The maximum atomic E-state index is 13.7. The molecule has 2 aromatic carbocycles. The SMILES string of the molecule is COc1ccc2c(c1)OCCN(C(=O)c1cc(=O)[nH]o1)C2C(=O)Cc1ccc([Si](C)(C)C)cc1. The van der Waals surface area contributed by atoms with Gasteiger partial charge < -0.3 is 18.9 Å². The van der Waals surface area contributed by atoms with Gasteiger partial charge in [-0.25, -0.2) is 0 Å². The highest BCUT2D eigenvalue weighted by molar-refractivity contribution is 6.88. The van der Waals surface area contributed by atoms with E-state index >= 15 is 0 Å². The number of aromatic nitrogens is 1. The number of rotatable bonds is 6. The van der Waals surface area contributed by atoms with Crippen molar-refractivity contribution >= 4 is 25.0 Å². The molecular formula is C25H28N2O6Si. The second-order valence-electron chi connectivity index (χ2n) is 9.32. The molecule has 0 aliphatic carbocycles. The van der Waals surface area contributed by atoms with Crippen LogP contribution in [0.1, 0.15) is 27.7 Å². The highest BCUT2D eigenvalue weighted by Gasteiger charge is 2.37. The average Bonchev–Trinajstić information content (AvgIpc) is 3.14. The Labute approximate surface area is 198 Å². The Balaban J connectivity index is 1.71. The van der Waals surface area contributed by atoms with Crippen LogP contribution in [0.5, 0.6) is 11.5 Å². The molecule has 2 heterocycles. The molecule has 0 radical (unpaired) electrons. The van der Waals surface area contributed by atoms with Crippen LogP contribution in [-0.2, 0) is 11.2 Å². The van der Waals surface area contributed by atoms with E-state index in [1.54, 1.807) is 25.3 Å². The van der Waals surface area contributed by atoms with Crippen molar-refractivity contribution in [3.63, 3.8) is 0 Å². The first-order valence-electron chi connectivity index (χ1n) is 11.1. The van der Waals surface area contributed by atoms with Crippen molar-refractivity contribution in [1.29, 1.82) is 0 Å². The van der Waals surface area contributed by atoms with Crippen LogP contribution in [0.15, 0.2) is 57.8 Å². The number of nitrogens with zero attached hydrogens (tertiary/aromatic N) is 1. The molecule has 1 unspecified atom stereocenters. The molecule has 0 spiro atoms. The minimum Gasteiger partial charge on any atom is -0.497 e. The Morgan fingerprint density at radius 3 is 2.47 bits per heavy atom. The number of amides is 1. The smallest absolute Gasteiger partial charge is 0.293 e. The molecule has 0 saturated heterocycles. The standard InChI is InChI=1S/C25H28N2O6Si/c1-31-17-7-10-19-21(14-17)32-12-11-27(25(30)22-15-23(29)26-33-22)24(19)20(28)13-16-5-8-18(9-6-16)34(2,3)4/h5-10,14-15,24H,11-13H2,1-4H3,(H,26,29). The van der Waals surface area contributed by atoms with Crippen molar-refractivity contribution in [1.82, 2.24) is 10.1 Å². The normalized spacial score (nSPS) is 15.8. The summed E-state index contributed by atoms with van der Waals surface area (Å²) in [6.45, 7) is 7.14. The van der Waals surface area contributed by atoms with E-state index in [9.17, 15) is 14.4 Å². The first kappa shape index (κ1) is 23.6. The predicted octanol–water partition coefficient (Wildman–Crippen LogP) is 2.91. The number of carbonyl (C=O) groups is 2. The Hall–Kier alpha value is -3.59. The Kier molecular flexibility index (Phi) is 6.47. The molecule has 0 bridgehead atoms. The number of ether oxygens (including phenoxy) is 2. The van der Waals surface area contributed by atoms with E-state index < -0.39 is 25.6 Å². The average molecular weight is 481 g/mol. The molecule has 3 aromatic rings. The highest BCUT2D eigenvalue weighted by atomic mass is 28.3. The van der Waals surface area contributed by atoms with Gasteiger partial charge in [-0.3, -0.25) is 14.4 Å². The summed E-state index contributed by atoms with van der Waals surface area (Å²) >= 11 is 0. The third-order valence-electron chi connectivity index (χ3n) is 5.92. The number of benzene rings is 2. The molecule has 1 N–H and O–H groups in total. The van der Waals surface area contributed by atoms with Gasteiger partial charge in [-0.1, -0.05) is 49.1 Å². The molecule has 8 nitrogen and oxygen atoms in total. The quantitative estimate of drug-likeness (QED) is 0.545. The molecule has 9 heteroatoms. The Morgan fingerprint density at radius 1 is 1.12 bits per heavy atom. The fourth-order valence-electron chi connectivity index (χ4n) is 4.06. The monoisotopic (exact) mass is 480 g/mol. The fraction of sp³-hybridized carbons (Fsp3) is 0.320. The first-order chi connectivity index (χ1) is 16.2. The molecule has 1 aliphatic rings. The zero-order valence-corrected chi connectivity index (χ0v) is 20.7. The summed E-state index contributed by atoms with van der Waals surface area (Å²) in [5.74, 6) is 0.196. The zero-order chi connectivity index (χ0) is 24.5. The van der Waals surface area contributed by atoms with Crippen molar-refractivity contribution in [3.8, 4) is 11.5 Å². The molecule has 0 saturated carbocycles. The summed E-state index contributed by atoms with van der Waals surface area (Å²) in [5.41, 5.74) is 0.908. The van der Waals surface area contributed by atoms with Gasteiger partial charge in [0, 0.05) is 18.1 Å². The number of ketones is 1. The summed E-state index contributed by atoms with van der Waals surface area (Å²) < 4.78 is 16.2. The summed E-state index contributed by atoms with van der Waals surface area (Å²) in [6.07, 6.45) is 0.142. The van der Waals surface area contributed by atoms with Crippen LogP contribution in [-0.4, -0.2) is 50.1 Å². The van der Waals surface area contributed by atoms with Gasteiger partial charge in [-0.15, -0.1) is 0 Å². The Bertz CT molecular complexity index is 1260. The molecule has 34 heavy (non-hydrogen) atoms. The van der Waals surface area contributed by atoms with Crippen LogP contribution in [0.2, 0.25) is 19.6 Å². The van der Waals surface area contributed by atoms with Gasteiger partial charge in [0.2, 0.25) is 5.76 Å². The van der Waals surface area contributed by atoms with E-state index in [4.69, 9.17) is 14.0 Å². The van der Waals surface area contributed by atoms with E-state index in [1.165, 1.54) is 10.1 Å². The summed E-state index contributed by atoms with van der Waals surface area (Å²) in [5, 5.41) is 3.44. The lowest BCUT2D eigenvalue weighted by atomic mass is 9.95. The molecule has 1 atom stereocenters. The van der Waals surface area contributed by atoms with E-state index in [-0.39, 0.29) is 31.1 Å². The lowest BCUT2D eigenvalue weighted by Crippen LogP contribution is -2.40. The number of aromatic amines is 1. The van der Waals surface area contributed by atoms with Crippen LogP contribution in [0, 0.1) is 0 Å². The van der Waals surface area contributed by atoms with Crippen molar-refractivity contribution in [2.45, 2.75) is 32.1 Å². The topological polar surface area (TPSA) is 102 Å². The Morgan fingerprint density at radius 2 is 1.85 bits per heavy atom. The number of Topliss-reactive ketones (excluding diaryl/α,β-unsaturated/α-hetero) is 1. The predicted molar refractivity (Wildman–Crippen MR) is 130 cm³/mol. The number of fused-ring (bicyclic) bond motifs is 1. The van der Waals surface area contributed by atoms with Gasteiger partial charge in [0.25, 0.3) is 11.5 Å². The molecule has 1 aliphatic heterocycles. The lowest BCUT2D eigenvalue weighted by Gasteiger charge is -2.28. The van der Waals surface area contributed by atoms with Crippen molar-refractivity contribution in [2.75, 3.05) is 20.3 Å². The first-order valence-corrected chi connectivity index (χ1v) is 14.6. The summed E-state index contributed by atoms with van der Waals surface area (Å²) in [7, 11) is 0.0924. The summed E-state index contributed by atoms with van der Waals surface area (Å²) in [6, 6.07) is 13.5. The number of carbonyl (C=O) groups excluding carboxylic acids is 2. The minimum absolute atomic E-state index is 0.142. The molecule has 1 aromatic heterocycles. The van der Waals surface area contributed by atoms with E-state index in [1.807, 2.05) is 12.1 Å². The van der Waals surface area contributed by atoms with Gasteiger partial charge in [-0.2, -0.15) is 5.16 Å². The van der Waals surface area contributed by atoms with Crippen LogP contribution in [0.4, 0.5) is 0 Å². The lowest BCUT2D eigenvalue weighted by molar-refractivity contribution is -0.123. The number of hydrogen-bond donors (Lipinski definition) is 1. The van der Waals surface area contributed by atoms with Gasteiger partial charge >= 0.3 is 0 Å². The number of hydrogen-bond acceptors (Lipinski definition) is 6. The van der Waals surface area contributed by atoms with E-state index in [2.05, 4.69) is 36.9 Å². The number of methoxy groups -OCH3 is 1. The van der Waals surface area contributed by atoms with Crippen molar-refractivity contribution in [2.24, 2.45) is 0 Å². The van der Waals surface area contributed by atoms with Gasteiger partial charge in [0.05, 0.1) is 27.8 Å². The van der Waals surface area contributed by atoms with Crippen molar-refractivity contribution < 1.29 is 23.6 Å². The van der Waals surface area contributed by atoms with Crippen LogP contribution in [0.3, 0.4) is 0 Å². The van der Waals surface area contributed by atoms with E-state index in [0.29, 0.717) is 17.1 Å². The van der Waals surface area contributed by atoms with Crippen LogP contribution in [0.25, 0.3) is 0 Å². The van der Waals surface area contributed by atoms with Crippen molar-refractivity contribution in [3.05, 3.63) is 75.8 Å². The largest absolute Gasteiger partial charge is 0.497 e. The summed E-state index contributed by atoms with van der Waals surface area (Å²) in [4.78, 5) is 39.9. The minimum atomic E-state index is -1.46. The van der Waals surface area contributed by atoms with Gasteiger partial charge in [0.1, 0.15) is 24.1 Å². The maximum absolute atomic E-state index is 13.7. The third-order valence-corrected chi connectivity index (χ3v) is 7.98. The molecule has 0 fully saturated rings. The fourth-order valence-corrected chi connectivity index (χ4v) is 5.23. The van der Waals surface area contributed by atoms with Gasteiger partial charge in [-0.05, 0) is 17.7 Å². The maximum Gasteiger partial charge on any atom is 0.293 e. The third kappa shape index (κ3) is 4.84. The van der Waals surface area contributed by atoms with Crippen LogP contribution < -0.4 is 20.2 Å². The second kappa shape index (κ2) is 9.34.